The van der Waals surface area contributed by atoms with E-state index in [2.05, 4.69) is 20.2 Å². The molecule has 5 nitrogen and oxygen atoms in total. The first-order valence-electron chi connectivity index (χ1n) is 8.94. The lowest BCUT2D eigenvalue weighted by Crippen LogP contribution is -2.32. The first kappa shape index (κ1) is 19.5. The van der Waals surface area contributed by atoms with Crippen LogP contribution in [0.2, 0.25) is 0 Å². The second kappa shape index (κ2) is 9.12. The van der Waals surface area contributed by atoms with Crippen molar-refractivity contribution in [2.45, 2.75) is 43.4 Å². The van der Waals surface area contributed by atoms with Gasteiger partial charge in [0.2, 0.25) is 5.95 Å². The van der Waals surface area contributed by atoms with Gasteiger partial charge < -0.3 is 10.2 Å². The Hall–Kier alpha value is -2.22. The molecule has 1 aliphatic rings. The summed E-state index contributed by atoms with van der Waals surface area (Å²) >= 11 is 0.372. The highest BCUT2D eigenvalue weighted by Gasteiger charge is 2.17. The fraction of sp³-hybridized carbons (Fsp3) is 0.421. The molecule has 1 aromatic heterocycles. The Morgan fingerprint density at radius 3 is 2.70 bits per heavy atom. The lowest BCUT2D eigenvalue weighted by molar-refractivity contribution is 0.0947. The quantitative estimate of drug-likeness (QED) is 0.753. The summed E-state index contributed by atoms with van der Waals surface area (Å²) < 4.78 is 25.4. The number of carbonyl (C=O) groups excluding carboxylic acids is 1. The number of aryl methyl sites for hydroxylation is 1. The predicted molar refractivity (Wildman–Crippen MR) is 102 cm³/mol. The average Bonchev–Trinajstić information content (AvgIpc) is 2.66. The van der Waals surface area contributed by atoms with Crippen LogP contribution in [0.1, 0.15) is 41.0 Å². The van der Waals surface area contributed by atoms with Crippen LogP contribution in [0.15, 0.2) is 35.2 Å². The molecule has 2 aromatic rings. The molecule has 1 amide bonds. The van der Waals surface area contributed by atoms with Gasteiger partial charge in [-0.05, 0) is 44.4 Å². The lowest BCUT2D eigenvalue weighted by atomic mass is 10.1. The molecule has 27 heavy (non-hydrogen) atoms. The zero-order valence-corrected chi connectivity index (χ0v) is 15.9. The molecule has 0 atom stereocenters. The van der Waals surface area contributed by atoms with Gasteiger partial charge in [0.05, 0.1) is 17.8 Å². The zero-order chi connectivity index (χ0) is 19.2. The van der Waals surface area contributed by atoms with Crippen molar-refractivity contribution in [2.24, 2.45) is 0 Å². The number of benzene rings is 1. The molecule has 1 aromatic carbocycles. The van der Waals surface area contributed by atoms with Crippen LogP contribution in [0.5, 0.6) is 0 Å². The molecule has 8 heteroatoms. The van der Waals surface area contributed by atoms with Gasteiger partial charge in [0, 0.05) is 23.7 Å². The van der Waals surface area contributed by atoms with Gasteiger partial charge in [0.1, 0.15) is 0 Å². The molecule has 0 radical (unpaired) electrons. The van der Waals surface area contributed by atoms with Crippen molar-refractivity contribution in [3.05, 3.63) is 47.3 Å². The zero-order valence-electron chi connectivity index (χ0n) is 15.1. The van der Waals surface area contributed by atoms with E-state index in [0.717, 1.165) is 31.6 Å². The Morgan fingerprint density at radius 2 is 1.96 bits per heavy atom. The van der Waals surface area contributed by atoms with Crippen LogP contribution >= 0.6 is 11.8 Å². The van der Waals surface area contributed by atoms with Gasteiger partial charge >= 0.3 is 0 Å². The van der Waals surface area contributed by atoms with Gasteiger partial charge in [0.25, 0.3) is 11.7 Å². The molecule has 2 heterocycles. The number of rotatable bonds is 6. The summed E-state index contributed by atoms with van der Waals surface area (Å²) in [4.78, 5) is 24.0. The van der Waals surface area contributed by atoms with Crippen LogP contribution in [-0.4, -0.2) is 34.7 Å². The van der Waals surface area contributed by atoms with Crippen molar-refractivity contribution in [3.63, 3.8) is 0 Å². The largest absolute Gasteiger partial charge is 0.346 e. The summed E-state index contributed by atoms with van der Waals surface area (Å²) in [6, 6.07) is 8.20. The van der Waals surface area contributed by atoms with Crippen molar-refractivity contribution < 1.29 is 13.6 Å². The third-order valence-corrected chi connectivity index (χ3v) is 5.10. The minimum absolute atomic E-state index is 0.219. The standard InChI is InChI=1S/C19H22F2N4OS/c1-13-11-14(24-19(23-13)25-9-5-2-6-10-25)12-22-17(26)15-7-3-4-8-16(15)27-18(20)21/h3-4,7-8,11,18H,2,5-6,9-10,12H2,1H3,(H,22,26). The minimum Gasteiger partial charge on any atom is -0.346 e. The fourth-order valence-corrected chi connectivity index (χ4v) is 3.70. The van der Waals surface area contributed by atoms with E-state index in [1.807, 2.05) is 13.0 Å². The van der Waals surface area contributed by atoms with Crippen LogP contribution < -0.4 is 10.2 Å². The Kier molecular flexibility index (Phi) is 6.60. The van der Waals surface area contributed by atoms with Crippen LogP contribution in [-0.2, 0) is 6.54 Å². The van der Waals surface area contributed by atoms with Crippen molar-refractivity contribution in [2.75, 3.05) is 18.0 Å². The van der Waals surface area contributed by atoms with E-state index in [9.17, 15) is 13.6 Å². The molecule has 0 spiro atoms. The Balaban J connectivity index is 1.69. The summed E-state index contributed by atoms with van der Waals surface area (Å²) in [6.45, 7) is 3.99. The van der Waals surface area contributed by atoms with E-state index in [1.165, 1.54) is 12.5 Å². The maximum absolute atomic E-state index is 12.7. The highest BCUT2D eigenvalue weighted by molar-refractivity contribution is 7.99. The maximum atomic E-state index is 12.7. The summed E-state index contributed by atoms with van der Waals surface area (Å²) in [7, 11) is 0. The fourth-order valence-electron chi connectivity index (χ4n) is 3.06. The second-order valence-corrected chi connectivity index (χ2v) is 7.44. The third kappa shape index (κ3) is 5.38. The molecular weight excluding hydrogens is 370 g/mol. The van der Waals surface area contributed by atoms with Gasteiger partial charge in [0.15, 0.2) is 0 Å². The van der Waals surface area contributed by atoms with Crippen LogP contribution in [0.25, 0.3) is 0 Å². The van der Waals surface area contributed by atoms with E-state index in [-0.39, 0.29) is 17.0 Å². The molecule has 1 aliphatic heterocycles. The molecule has 0 saturated carbocycles. The normalized spacial score (nSPS) is 14.4. The molecule has 144 valence electrons. The number of carbonyl (C=O) groups is 1. The molecule has 0 aliphatic carbocycles. The maximum Gasteiger partial charge on any atom is 0.288 e. The summed E-state index contributed by atoms with van der Waals surface area (Å²) in [5, 5.41) is 2.78. The minimum atomic E-state index is -2.57. The number of piperidine rings is 1. The van der Waals surface area contributed by atoms with E-state index < -0.39 is 11.7 Å². The third-order valence-electron chi connectivity index (χ3n) is 4.31. The van der Waals surface area contributed by atoms with Gasteiger partial charge in [-0.15, -0.1) is 0 Å². The van der Waals surface area contributed by atoms with E-state index in [4.69, 9.17) is 0 Å². The number of amides is 1. The van der Waals surface area contributed by atoms with Crippen LogP contribution in [0, 0.1) is 6.92 Å². The first-order chi connectivity index (χ1) is 13.0. The molecule has 3 rings (SSSR count). The van der Waals surface area contributed by atoms with Crippen LogP contribution in [0.4, 0.5) is 14.7 Å². The van der Waals surface area contributed by atoms with Crippen molar-refractivity contribution >= 4 is 23.6 Å². The van der Waals surface area contributed by atoms with E-state index >= 15 is 0 Å². The molecule has 1 saturated heterocycles. The number of nitrogens with one attached hydrogen (secondary N) is 1. The van der Waals surface area contributed by atoms with Gasteiger partial charge in [-0.2, -0.15) is 8.78 Å². The molecule has 1 fully saturated rings. The molecule has 0 bridgehead atoms. The van der Waals surface area contributed by atoms with Gasteiger partial charge in [-0.1, -0.05) is 23.9 Å². The first-order valence-corrected chi connectivity index (χ1v) is 9.82. The highest BCUT2D eigenvalue weighted by Crippen LogP contribution is 2.28. The van der Waals surface area contributed by atoms with Crippen molar-refractivity contribution in [1.82, 2.24) is 15.3 Å². The number of halogens is 2. The Bertz CT molecular complexity index is 797. The number of thioether (sulfide) groups is 1. The van der Waals surface area contributed by atoms with E-state index in [0.29, 0.717) is 23.4 Å². The Morgan fingerprint density at radius 1 is 1.22 bits per heavy atom. The van der Waals surface area contributed by atoms with E-state index in [1.54, 1.807) is 18.2 Å². The number of nitrogens with zero attached hydrogens (tertiary/aromatic N) is 3. The van der Waals surface area contributed by atoms with Crippen molar-refractivity contribution in [3.8, 4) is 0 Å². The van der Waals surface area contributed by atoms with Gasteiger partial charge in [-0.25, -0.2) is 9.97 Å². The number of alkyl halides is 2. The average molecular weight is 392 g/mol. The SMILES string of the molecule is Cc1cc(CNC(=O)c2ccccc2SC(F)F)nc(N2CCCCC2)n1. The molecule has 1 N–H and O–H groups in total. The van der Waals surface area contributed by atoms with Crippen molar-refractivity contribution in [1.29, 1.82) is 0 Å². The molecular formula is C19H22F2N4OS. The predicted octanol–water partition coefficient (Wildman–Crippen LogP) is 4.02. The second-order valence-electron chi connectivity index (χ2n) is 6.41. The smallest absolute Gasteiger partial charge is 0.288 e. The van der Waals surface area contributed by atoms with Crippen LogP contribution in [0.3, 0.4) is 0 Å². The number of anilines is 1. The number of aromatic nitrogens is 2. The molecule has 0 unspecified atom stereocenters. The Labute approximate surface area is 161 Å². The monoisotopic (exact) mass is 392 g/mol. The summed E-state index contributed by atoms with van der Waals surface area (Å²) in [6.07, 6.45) is 3.48. The number of hydrogen-bond donors (Lipinski definition) is 1. The van der Waals surface area contributed by atoms with Gasteiger partial charge in [-0.3, -0.25) is 4.79 Å². The summed E-state index contributed by atoms with van der Waals surface area (Å²) in [5.74, 6) is -2.28. The highest BCUT2D eigenvalue weighted by atomic mass is 32.2. The number of hydrogen-bond acceptors (Lipinski definition) is 5. The summed E-state index contributed by atoms with van der Waals surface area (Å²) in [5.41, 5.74) is 1.78. The topological polar surface area (TPSA) is 58.1 Å². The lowest BCUT2D eigenvalue weighted by Gasteiger charge is -2.27.